The Hall–Kier alpha value is 0.140. The number of halogens is 1. The highest BCUT2D eigenvalue weighted by Gasteiger charge is 2.29. The van der Waals surface area contributed by atoms with Crippen LogP contribution in [0.1, 0.15) is 44.4 Å². The van der Waals surface area contributed by atoms with Crippen LogP contribution in [-0.2, 0) is 6.42 Å². The van der Waals surface area contributed by atoms with Crippen LogP contribution in [0.25, 0.3) is 0 Å². The van der Waals surface area contributed by atoms with E-state index in [0.717, 1.165) is 24.3 Å². The Kier molecular flexibility index (Phi) is 6.37. The summed E-state index contributed by atoms with van der Waals surface area (Å²) in [5.41, 5.74) is 0. The van der Waals surface area contributed by atoms with Crippen LogP contribution < -0.4 is 5.32 Å². The van der Waals surface area contributed by atoms with Gasteiger partial charge in [0.2, 0.25) is 0 Å². The maximum absolute atomic E-state index is 3.59. The zero-order valence-corrected chi connectivity index (χ0v) is 14.5. The molecule has 0 aliphatic heterocycles. The molecule has 3 unspecified atom stereocenters. The summed E-state index contributed by atoms with van der Waals surface area (Å²) in [6.07, 6.45) is 6.93. The molecule has 2 rings (SSSR count). The second-order valence-corrected chi connectivity index (χ2v) is 8.37. The van der Waals surface area contributed by atoms with Crippen LogP contribution in [0.5, 0.6) is 0 Å². The Balaban J connectivity index is 1.97. The minimum absolute atomic E-state index is 0.878. The molecule has 1 heterocycles. The van der Waals surface area contributed by atoms with Gasteiger partial charge in [-0.2, -0.15) is 0 Å². The van der Waals surface area contributed by atoms with E-state index in [1.165, 1.54) is 42.4 Å². The predicted molar refractivity (Wildman–Crippen MR) is 88.9 cm³/mol. The van der Waals surface area contributed by atoms with E-state index in [2.05, 4.69) is 47.2 Å². The highest BCUT2D eigenvalue weighted by atomic mass is 79.9. The molecule has 3 atom stereocenters. The van der Waals surface area contributed by atoms with Crippen LogP contribution in [0.2, 0.25) is 0 Å². The average Bonchev–Trinajstić information content (AvgIpc) is 2.82. The molecule has 0 amide bonds. The van der Waals surface area contributed by atoms with E-state index in [4.69, 9.17) is 0 Å². The van der Waals surface area contributed by atoms with E-state index >= 15 is 0 Å². The lowest BCUT2D eigenvalue weighted by atomic mass is 9.71. The Morgan fingerprint density at radius 1 is 1.26 bits per heavy atom. The Bertz CT molecular complexity index is 377. The van der Waals surface area contributed by atoms with Gasteiger partial charge in [0.1, 0.15) is 0 Å². The first kappa shape index (κ1) is 15.5. The quantitative estimate of drug-likeness (QED) is 0.757. The van der Waals surface area contributed by atoms with Crippen molar-refractivity contribution >= 4 is 27.3 Å². The molecule has 0 saturated heterocycles. The van der Waals surface area contributed by atoms with E-state index in [9.17, 15) is 0 Å². The van der Waals surface area contributed by atoms with Crippen LogP contribution in [-0.4, -0.2) is 13.1 Å². The van der Waals surface area contributed by atoms with Gasteiger partial charge in [0, 0.05) is 4.88 Å². The molecule has 1 nitrogen and oxygen atoms in total. The monoisotopic (exact) mass is 343 g/mol. The molecule has 1 aliphatic carbocycles. The lowest BCUT2D eigenvalue weighted by Gasteiger charge is -2.36. The van der Waals surface area contributed by atoms with Crippen LogP contribution in [0, 0.1) is 17.8 Å². The Labute approximate surface area is 130 Å². The highest BCUT2D eigenvalue weighted by Crippen LogP contribution is 2.38. The van der Waals surface area contributed by atoms with Crippen LogP contribution in [0.4, 0.5) is 0 Å². The molecule has 0 bridgehead atoms. The van der Waals surface area contributed by atoms with Gasteiger partial charge in [-0.3, -0.25) is 0 Å². The average molecular weight is 344 g/mol. The second-order valence-electron chi connectivity index (χ2n) is 5.83. The van der Waals surface area contributed by atoms with Crippen LogP contribution >= 0.6 is 27.3 Å². The van der Waals surface area contributed by atoms with Gasteiger partial charge in [-0.25, -0.2) is 0 Å². The lowest BCUT2D eigenvalue weighted by Crippen LogP contribution is -2.34. The van der Waals surface area contributed by atoms with Gasteiger partial charge in [-0.15, -0.1) is 11.3 Å². The van der Waals surface area contributed by atoms with E-state index in [1.54, 1.807) is 4.88 Å². The van der Waals surface area contributed by atoms with Gasteiger partial charge in [-0.1, -0.05) is 26.7 Å². The predicted octanol–water partition coefficient (Wildman–Crippen LogP) is 5.11. The third-order valence-corrected chi connectivity index (χ3v) is 6.22. The standard InChI is InChI=1S/C16H26BrNS/c1-3-12-5-6-13(11-18-4-2)14(9-12)10-15-7-8-16(17)19-15/h7-8,12-14,18H,3-6,9-11H2,1-2H3. The van der Waals surface area contributed by atoms with E-state index in [0.29, 0.717) is 0 Å². The Morgan fingerprint density at radius 2 is 2.11 bits per heavy atom. The minimum atomic E-state index is 0.878. The summed E-state index contributed by atoms with van der Waals surface area (Å²) in [4.78, 5) is 1.55. The maximum atomic E-state index is 3.59. The molecule has 1 saturated carbocycles. The molecule has 0 radical (unpaired) electrons. The molecule has 1 aliphatic rings. The van der Waals surface area contributed by atoms with E-state index in [1.807, 2.05) is 11.3 Å². The first-order chi connectivity index (χ1) is 9.22. The van der Waals surface area contributed by atoms with Gasteiger partial charge >= 0.3 is 0 Å². The third kappa shape index (κ3) is 4.57. The summed E-state index contributed by atoms with van der Waals surface area (Å²) in [5.74, 6) is 2.72. The number of thiophene rings is 1. The van der Waals surface area contributed by atoms with Crippen LogP contribution in [0.3, 0.4) is 0 Å². The van der Waals surface area contributed by atoms with Crippen molar-refractivity contribution < 1.29 is 0 Å². The number of hydrogen-bond donors (Lipinski definition) is 1. The molecule has 0 spiro atoms. The van der Waals surface area contributed by atoms with Crippen molar-refractivity contribution in [1.82, 2.24) is 5.32 Å². The van der Waals surface area contributed by atoms with Crippen molar-refractivity contribution in [3.8, 4) is 0 Å². The zero-order chi connectivity index (χ0) is 13.7. The van der Waals surface area contributed by atoms with Gasteiger partial charge in [0.15, 0.2) is 0 Å². The van der Waals surface area contributed by atoms with Crippen molar-refractivity contribution in [1.29, 1.82) is 0 Å². The fourth-order valence-corrected chi connectivity index (χ4v) is 4.94. The largest absolute Gasteiger partial charge is 0.317 e. The van der Waals surface area contributed by atoms with Crippen LogP contribution in [0.15, 0.2) is 15.9 Å². The van der Waals surface area contributed by atoms with Crippen molar-refractivity contribution in [3.05, 3.63) is 20.8 Å². The molecule has 0 aromatic carbocycles. The summed E-state index contributed by atoms with van der Waals surface area (Å²) in [6.45, 7) is 6.88. The lowest BCUT2D eigenvalue weighted by molar-refractivity contribution is 0.172. The molecule has 1 fully saturated rings. The SMILES string of the molecule is CCNCC1CCC(CC)CC1Cc1ccc(Br)s1. The maximum Gasteiger partial charge on any atom is 0.0701 e. The Morgan fingerprint density at radius 3 is 2.74 bits per heavy atom. The van der Waals surface area contributed by atoms with Crippen molar-refractivity contribution in [3.63, 3.8) is 0 Å². The number of rotatable bonds is 6. The topological polar surface area (TPSA) is 12.0 Å². The normalized spacial score (nSPS) is 27.6. The number of hydrogen-bond acceptors (Lipinski definition) is 2. The van der Waals surface area contributed by atoms with Crippen molar-refractivity contribution in [2.24, 2.45) is 17.8 Å². The molecular weight excluding hydrogens is 318 g/mol. The fourth-order valence-electron chi connectivity index (χ4n) is 3.36. The number of nitrogens with one attached hydrogen (secondary N) is 1. The molecule has 108 valence electrons. The smallest absolute Gasteiger partial charge is 0.0701 e. The molecule has 19 heavy (non-hydrogen) atoms. The zero-order valence-electron chi connectivity index (χ0n) is 12.1. The van der Waals surface area contributed by atoms with Gasteiger partial charge in [0.25, 0.3) is 0 Å². The van der Waals surface area contributed by atoms with Gasteiger partial charge in [-0.05, 0) is 78.2 Å². The summed E-state index contributed by atoms with van der Waals surface area (Å²) < 4.78 is 1.27. The molecule has 1 N–H and O–H groups in total. The first-order valence-electron chi connectivity index (χ1n) is 7.67. The van der Waals surface area contributed by atoms with Crippen molar-refractivity contribution in [2.45, 2.75) is 46.0 Å². The second kappa shape index (κ2) is 7.80. The summed E-state index contributed by atoms with van der Waals surface area (Å²) in [7, 11) is 0. The first-order valence-corrected chi connectivity index (χ1v) is 9.28. The van der Waals surface area contributed by atoms with E-state index in [-0.39, 0.29) is 0 Å². The molecular formula is C16H26BrNS. The molecule has 3 heteroatoms. The summed E-state index contributed by atoms with van der Waals surface area (Å²) in [5, 5.41) is 3.57. The van der Waals surface area contributed by atoms with E-state index < -0.39 is 0 Å². The fraction of sp³-hybridized carbons (Fsp3) is 0.750. The molecule has 1 aromatic heterocycles. The third-order valence-electron chi connectivity index (χ3n) is 4.57. The van der Waals surface area contributed by atoms with Gasteiger partial charge in [0.05, 0.1) is 3.79 Å². The summed E-state index contributed by atoms with van der Waals surface area (Å²) in [6, 6.07) is 4.49. The van der Waals surface area contributed by atoms with Crippen molar-refractivity contribution in [2.75, 3.05) is 13.1 Å². The highest BCUT2D eigenvalue weighted by molar-refractivity contribution is 9.11. The van der Waals surface area contributed by atoms with Gasteiger partial charge < -0.3 is 5.32 Å². The summed E-state index contributed by atoms with van der Waals surface area (Å²) >= 11 is 5.50. The molecule has 1 aromatic rings. The minimum Gasteiger partial charge on any atom is -0.317 e.